The van der Waals surface area contributed by atoms with Gasteiger partial charge in [0.15, 0.2) is 17.5 Å². The fourth-order valence-corrected chi connectivity index (χ4v) is 12.1. The van der Waals surface area contributed by atoms with Gasteiger partial charge in [0.1, 0.15) is 48.8 Å². The Morgan fingerprint density at radius 1 is 0.987 bits per heavy atom. The lowest BCUT2D eigenvalue weighted by atomic mass is 9.77. The number of carbonyl (C=O) groups excluding carboxylic acids is 1. The van der Waals surface area contributed by atoms with Crippen LogP contribution in [0.3, 0.4) is 0 Å². The molecule has 1 aromatic heterocycles. The number of esters is 1. The number of carbonyl (C=O) groups is 1. The predicted octanol–water partition coefficient (Wildman–Crippen LogP) is 4.63. The van der Waals surface area contributed by atoms with Gasteiger partial charge in [-0.15, -0.1) is 18.3 Å². The van der Waals surface area contributed by atoms with Crippen molar-refractivity contribution in [3.05, 3.63) is 41.7 Å². The van der Waals surface area contributed by atoms with Crippen LogP contribution in [-0.4, -0.2) is 205 Å². The molecule has 1 unspecified atom stereocenters. The van der Waals surface area contributed by atoms with Gasteiger partial charge in [0.2, 0.25) is 0 Å². The van der Waals surface area contributed by atoms with E-state index in [1.165, 1.54) is 38.0 Å². The third-order valence-corrected chi connectivity index (χ3v) is 17.2. The summed E-state index contributed by atoms with van der Waals surface area (Å²) in [6.07, 6.45) is -9.27. The van der Waals surface area contributed by atoms with Crippen molar-refractivity contribution >= 4 is 17.1 Å². The molecule has 2 aromatic rings. The first kappa shape index (κ1) is 64.2. The number of aromatic nitrogens is 3. The molecule has 0 radical (unpaired) electrons. The molecule has 3 fully saturated rings. The Morgan fingerprint density at radius 3 is 2.21 bits per heavy atom. The molecule has 3 aliphatic rings. The molecule has 3 aliphatic heterocycles. The lowest BCUT2D eigenvalue weighted by Gasteiger charge is -2.49. The number of cyclic esters (lactones) is 1. The van der Waals surface area contributed by atoms with Gasteiger partial charge in [-0.2, -0.15) is 0 Å². The third kappa shape index (κ3) is 14.8. The Morgan fingerprint density at radius 2 is 1.63 bits per heavy atom. The van der Waals surface area contributed by atoms with Crippen molar-refractivity contribution in [2.75, 3.05) is 48.1 Å². The predicted molar refractivity (Wildman–Crippen MR) is 271 cm³/mol. The fraction of sp³-hybridized carbons (Fsp3) is 0.827. The zero-order valence-corrected chi connectivity index (χ0v) is 47.2. The largest absolute Gasteiger partial charge is 0.604 e. The summed E-state index contributed by atoms with van der Waals surface area (Å²) in [4.78, 5) is 17.8. The van der Waals surface area contributed by atoms with Gasteiger partial charge in [-0.05, 0) is 105 Å². The number of benzene rings is 1. The fourth-order valence-electron chi connectivity index (χ4n) is 11.4. The summed E-state index contributed by atoms with van der Waals surface area (Å²) < 4.78 is 111. The van der Waals surface area contributed by atoms with Crippen LogP contribution < -0.4 is 0 Å². The maximum absolute atomic E-state index is 14.8. The minimum Gasteiger partial charge on any atom is -0.604 e. The molecular weight excluding hydrogens is 1030 g/mol. The highest BCUT2D eigenvalue weighted by Gasteiger charge is 2.53. The first-order valence-electron chi connectivity index (χ1n) is 26.2. The molecule has 5 rings (SSSR count). The summed E-state index contributed by atoms with van der Waals surface area (Å²) in [5.74, 6) is -3.04. The zero-order chi connectivity index (χ0) is 57.0. The molecular formula is C52H85F4N5O14S. The SMILES string of the molecule is CC[C@H]1OC(=O)[C@H](C)[C@@H](O[C@H]2C[C@@](C)(OC)[C@@H](O)[C@H](C)O2)[C@H](C)[C@@H](O[C@@H]2O[C@H](C)C[C@H](N(C)CCc3cn([C@H](CF)[C@H](OC)c4ccc([S+]([O-])C(F)(F)F)cc4)nn3)[C@H]2O)[C@](C)(O)C[C@@H](C)CN(C)[C@H](C)[C@@H](O)[C@]1(C)O. The molecule has 19 nitrogen and oxygen atoms in total. The van der Waals surface area contributed by atoms with Gasteiger partial charge in [0.05, 0.1) is 58.4 Å². The van der Waals surface area contributed by atoms with Gasteiger partial charge in [-0.1, -0.05) is 38.1 Å². The van der Waals surface area contributed by atoms with Crippen LogP contribution in [0.15, 0.2) is 35.4 Å². The molecule has 24 heteroatoms. The van der Waals surface area contributed by atoms with Crippen LogP contribution in [0.1, 0.15) is 118 Å². The molecule has 436 valence electrons. The Balaban J connectivity index is 1.43. The van der Waals surface area contributed by atoms with E-state index in [1.807, 2.05) is 23.6 Å². The standard InChI is InChI=1S/C52H85F4N5O14S/c1-15-39-51(10,67)44(63)32(6)60(12)26-28(2)23-49(8,66)46(30(4)42(31(5)47(65)73-39)74-40-24-50(9,70-14)45(64)33(7)72-40)75-48-41(62)37(22-29(3)71-48)59(11)21-20-35-27-61(58-57-35)38(25-53)43(69-13)34-16-18-36(19-17-34)76(68)52(54,55)56/h16-19,27-33,37-46,48,62-64,66-67H,15,20-26H2,1-14H3/t28-,29-,30+,31-,32-,33+,37+,38-,39-,40+,41-,42+,43-,44-,45+,46-,48+,49-,50-,51-,76?/m1/s1. The number of nitrogens with zero attached hydrogens (tertiary/aromatic N) is 5. The number of aliphatic hydroxyl groups excluding tert-OH is 3. The molecule has 0 aliphatic carbocycles. The van der Waals surface area contributed by atoms with Crippen LogP contribution >= 0.6 is 0 Å². The van der Waals surface area contributed by atoms with Gasteiger partial charge in [-0.3, -0.25) is 4.79 Å². The van der Waals surface area contributed by atoms with Crippen LogP contribution in [0.4, 0.5) is 17.6 Å². The van der Waals surface area contributed by atoms with E-state index in [4.69, 9.17) is 33.2 Å². The highest BCUT2D eigenvalue weighted by Crippen LogP contribution is 2.41. The first-order valence-corrected chi connectivity index (χ1v) is 27.3. The van der Waals surface area contributed by atoms with Gasteiger partial charge >= 0.3 is 11.5 Å². The van der Waals surface area contributed by atoms with E-state index in [9.17, 15) is 52.4 Å². The van der Waals surface area contributed by atoms with E-state index in [-0.39, 0.29) is 31.6 Å². The second kappa shape index (κ2) is 26.3. The average molecular weight is 1110 g/mol. The van der Waals surface area contributed by atoms with Crippen LogP contribution in [0.25, 0.3) is 0 Å². The molecule has 0 amide bonds. The van der Waals surface area contributed by atoms with Gasteiger partial charge in [0, 0.05) is 64.3 Å². The molecule has 1 aromatic carbocycles. The maximum atomic E-state index is 14.8. The first-order chi connectivity index (χ1) is 35.3. The van der Waals surface area contributed by atoms with Crippen molar-refractivity contribution in [3.8, 4) is 0 Å². The average Bonchev–Trinajstić information content (AvgIpc) is 3.83. The van der Waals surface area contributed by atoms with Crippen molar-refractivity contribution in [2.45, 2.75) is 214 Å². The van der Waals surface area contributed by atoms with E-state index in [0.29, 0.717) is 30.8 Å². The number of hydrogen-bond donors (Lipinski definition) is 5. The molecule has 4 heterocycles. The molecule has 0 spiro atoms. The summed E-state index contributed by atoms with van der Waals surface area (Å²) >= 11 is -3.24. The van der Waals surface area contributed by atoms with Crippen LogP contribution in [0.5, 0.6) is 0 Å². The number of halogens is 4. The summed E-state index contributed by atoms with van der Waals surface area (Å²) in [5, 5.41) is 68.1. The van der Waals surface area contributed by atoms with Crippen LogP contribution in [0, 0.1) is 17.8 Å². The third-order valence-electron chi connectivity index (χ3n) is 16.1. The van der Waals surface area contributed by atoms with E-state index in [1.54, 1.807) is 68.8 Å². The van der Waals surface area contributed by atoms with E-state index in [2.05, 4.69) is 10.3 Å². The minimum atomic E-state index is -4.95. The van der Waals surface area contributed by atoms with Crippen LogP contribution in [0.2, 0.25) is 0 Å². The zero-order valence-electron chi connectivity index (χ0n) is 46.4. The van der Waals surface area contributed by atoms with Crippen molar-refractivity contribution in [2.24, 2.45) is 17.8 Å². The molecule has 3 saturated heterocycles. The number of aliphatic hydroxyl groups is 5. The topological polar surface area (TPSA) is 243 Å². The number of alkyl halides is 4. The van der Waals surface area contributed by atoms with Gasteiger partial charge in [-0.25, -0.2) is 9.07 Å². The smallest absolute Gasteiger partial charge is 0.578 e. The van der Waals surface area contributed by atoms with Gasteiger partial charge < -0.3 is 73.0 Å². The van der Waals surface area contributed by atoms with Crippen molar-refractivity contribution in [1.29, 1.82) is 0 Å². The molecule has 76 heavy (non-hydrogen) atoms. The Kier molecular flexibility index (Phi) is 22.2. The van der Waals surface area contributed by atoms with E-state index >= 15 is 0 Å². The number of rotatable bonds is 16. The highest BCUT2D eigenvalue weighted by atomic mass is 32.2. The Hall–Kier alpha value is -2.66. The number of ether oxygens (including phenoxy) is 7. The summed E-state index contributed by atoms with van der Waals surface area (Å²) in [6, 6.07) is 2.45. The lowest BCUT2D eigenvalue weighted by molar-refractivity contribution is -0.318. The summed E-state index contributed by atoms with van der Waals surface area (Å²) in [6.45, 7) is 16.8. The molecule has 0 saturated carbocycles. The van der Waals surface area contributed by atoms with E-state index < -0.39 is 149 Å². The summed E-state index contributed by atoms with van der Waals surface area (Å²) in [5.41, 5.74) is -8.86. The Labute approximate surface area is 448 Å². The number of likely N-dealkylation sites (N-methyl/N-ethyl adjacent to an activating group) is 2. The Bertz CT molecular complexity index is 2130. The normalized spacial score (nSPS) is 39.2. The number of hydrogen-bond acceptors (Lipinski definition) is 18. The van der Waals surface area contributed by atoms with Crippen LogP contribution in [-0.2, 0) is 55.5 Å². The highest BCUT2D eigenvalue weighted by molar-refractivity contribution is 7.92. The van der Waals surface area contributed by atoms with Crippen molar-refractivity contribution in [1.82, 2.24) is 24.8 Å². The quantitative estimate of drug-likeness (QED) is 0.0874. The van der Waals surface area contributed by atoms with Gasteiger partial charge in [0.25, 0.3) is 0 Å². The number of methoxy groups -OCH3 is 2. The second-order valence-electron chi connectivity index (χ2n) is 22.3. The minimum absolute atomic E-state index is 0.0499. The van der Waals surface area contributed by atoms with Crippen molar-refractivity contribution < 1.29 is 85.6 Å². The molecule has 5 N–H and O–H groups in total. The maximum Gasteiger partial charge on any atom is 0.578 e. The second-order valence-corrected chi connectivity index (χ2v) is 23.8. The lowest BCUT2D eigenvalue weighted by Crippen LogP contribution is -2.61. The monoisotopic (exact) mass is 1110 g/mol. The van der Waals surface area contributed by atoms with Crippen molar-refractivity contribution in [3.63, 3.8) is 0 Å². The molecule has 21 atom stereocenters. The van der Waals surface area contributed by atoms with E-state index in [0.717, 1.165) is 12.1 Å². The molecule has 0 bridgehead atoms. The summed E-state index contributed by atoms with van der Waals surface area (Å²) in [7, 11) is 6.40.